The van der Waals surface area contributed by atoms with E-state index in [0.29, 0.717) is 11.7 Å². The molecule has 0 radical (unpaired) electrons. The Balaban J connectivity index is 0.00000108. The molecule has 2 bridgehead atoms. The lowest BCUT2D eigenvalue weighted by Crippen LogP contribution is -2.24. The van der Waals surface area contributed by atoms with Gasteiger partial charge in [0.15, 0.2) is 0 Å². The number of nitrogens with zero attached hydrogens (tertiary/aromatic N) is 1. The molecule has 2 atom stereocenters. The molecule has 1 aromatic carbocycles. The third-order valence-corrected chi connectivity index (χ3v) is 4.15. The molecule has 2 unspecified atom stereocenters. The first-order chi connectivity index (χ1) is 7.72. The fourth-order valence-electron chi connectivity index (χ4n) is 3.34. The van der Waals surface area contributed by atoms with Crippen molar-refractivity contribution in [1.29, 1.82) is 0 Å². The predicted molar refractivity (Wildman–Crippen MR) is 75.1 cm³/mol. The SMILES string of the molecule is Br.CN1CCC2Cc3ccc(O)cc3C(C2)C1. The Morgan fingerprint density at radius 3 is 3.00 bits per heavy atom. The average molecular weight is 298 g/mol. The topological polar surface area (TPSA) is 23.5 Å². The van der Waals surface area contributed by atoms with Gasteiger partial charge in [0.1, 0.15) is 5.75 Å². The first kappa shape index (κ1) is 12.9. The molecule has 17 heavy (non-hydrogen) atoms. The Labute approximate surface area is 113 Å². The van der Waals surface area contributed by atoms with Crippen LogP contribution in [0.4, 0.5) is 0 Å². The van der Waals surface area contributed by atoms with Gasteiger partial charge in [0, 0.05) is 6.54 Å². The van der Waals surface area contributed by atoms with E-state index >= 15 is 0 Å². The number of hydrogen-bond acceptors (Lipinski definition) is 2. The van der Waals surface area contributed by atoms with Gasteiger partial charge in [-0.3, -0.25) is 0 Å². The van der Waals surface area contributed by atoms with Crippen molar-refractivity contribution in [3.63, 3.8) is 0 Å². The molecule has 0 spiro atoms. The lowest BCUT2D eigenvalue weighted by Gasteiger charge is -2.29. The number of phenols is 1. The summed E-state index contributed by atoms with van der Waals surface area (Å²) in [6.45, 7) is 2.37. The zero-order valence-corrected chi connectivity index (χ0v) is 11.9. The van der Waals surface area contributed by atoms with Crippen LogP contribution in [-0.4, -0.2) is 30.1 Å². The van der Waals surface area contributed by atoms with Crippen molar-refractivity contribution in [3.8, 4) is 5.75 Å². The van der Waals surface area contributed by atoms with E-state index in [4.69, 9.17) is 0 Å². The quantitative estimate of drug-likeness (QED) is 0.796. The number of hydrogen-bond donors (Lipinski definition) is 1. The summed E-state index contributed by atoms with van der Waals surface area (Å²) in [6.07, 6.45) is 3.84. The molecule has 0 amide bonds. The fourth-order valence-corrected chi connectivity index (χ4v) is 3.34. The molecule has 0 saturated carbocycles. The minimum atomic E-state index is 0. The summed E-state index contributed by atoms with van der Waals surface area (Å²) in [5.74, 6) is 1.91. The number of benzene rings is 1. The van der Waals surface area contributed by atoms with Crippen LogP contribution < -0.4 is 0 Å². The third-order valence-electron chi connectivity index (χ3n) is 4.15. The molecule has 1 aliphatic heterocycles. The number of rotatable bonds is 0. The van der Waals surface area contributed by atoms with Crippen molar-refractivity contribution in [2.75, 3.05) is 20.1 Å². The van der Waals surface area contributed by atoms with Crippen LogP contribution in [-0.2, 0) is 6.42 Å². The van der Waals surface area contributed by atoms with Crippen LogP contribution in [0.15, 0.2) is 18.2 Å². The van der Waals surface area contributed by atoms with Crippen molar-refractivity contribution < 1.29 is 5.11 Å². The minimum Gasteiger partial charge on any atom is -0.508 e. The molecule has 1 N–H and O–H groups in total. The number of halogens is 1. The summed E-state index contributed by atoms with van der Waals surface area (Å²) >= 11 is 0. The molecule has 1 saturated heterocycles. The van der Waals surface area contributed by atoms with Crippen molar-refractivity contribution in [1.82, 2.24) is 4.90 Å². The summed E-state index contributed by atoms with van der Waals surface area (Å²) in [5.41, 5.74) is 2.86. The number of likely N-dealkylation sites (N-methyl/N-ethyl adjacent to an activating group) is 1. The van der Waals surface area contributed by atoms with E-state index in [2.05, 4.69) is 18.0 Å². The van der Waals surface area contributed by atoms with Gasteiger partial charge in [-0.1, -0.05) is 6.07 Å². The third kappa shape index (κ3) is 2.50. The lowest BCUT2D eigenvalue weighted by molar-refractivity contribution is 0.332. The molecule has 3 heteroatoms. The normalized spacial score (nSPS) is 27.8. The number of likely N-dealkylation sites (tertiary alicyclic amines) is 1. The molecular formula is C14H20BrNO. The molecule has 94 valence electrons. The molecule has 1 heterocycles. The highest BCUT2D eigenvalue weighted by Gasteiger charge is 2.30. The molecule has 3 rings (SSSR count). The molecule has 2 aliphatic rings. The molecule has 1 aliphatic carbocycles. The Hall–Kier alpha value is -0.540. The van der Waals surface area contributed by atoms with Crippen LogP contribution in [0.3, 0.4) is 0 Å². The van der Waals surface area contributed by atoms with Crippen LogP contribution in [0.1, 0.15) is 29.9 Å². The maximum Gasteiger partial charge on any atom is 0.115 e. The van der Waals surface area contributed by atoms with E-state index in [1.54, 1.807) is 0 Å². The van der Waals surface area contributed by atoms with Crippen LogP contribution in [0.2, 0.25) is 0 Å². The highest BCUT2D eigenvalue weighted by Crippen LogP contribution is 2.39. The number of phenolic OH excluding ortho intramolecular Hbond substituents is 1. The molecule has 2 nitrogen and oxygen atoms in total. The van der Waals surface area contributed by atoms with Crippen LogP contribution in [0.25, 0.3) is 0 Å². The number of fused-ring (bicyclic) bond motifs is 4. The second-order valence-corrected chi connectivity index (χ2v) is 5.44. The van der Waals surface area contributed by atoms with Gasteiger partial charge in [-0.05, 0) is 68.0 Å². The van der Waals surface area contributed by atoms with E-state index in [-0.39, 0.29) is 17.0 Å². The Morgan fingerprint density at radius 2 is 2.18 bits per heavy atom. The van der Waals surface area contributed by atoms with Crippen LogP contribution in [0.5, 0.6) is 5.75 Å². The maximum atomic E-state index is 9.61. The van der Waals surface area contributed by atoms with Gasteiger partial charge in [0.05, 0.1) is 0 Å². The van der Waals surface area contributed by atoms with E-state index in [9.17, 15) is 5.11 Å². The minimum absolute atomic E-state index is 0. The van der Waals surface area contributed by atoms with Gasteiger partial charge in [0.25, 0.3) is 0 Å². The van der Waals surface area contributed by atoms with Crippen molar-refractivity contribution >= 4 is 17.0 Å². The van der Waals surface area contributed by atoms with Gasteiger partial charge < -0.3 is 10.0 Å². The standard InChI is InChI=1S/C14H19NO.BrH/c1-15-5-4-10-6-11-2-3-13(16)8-14(11)12(7-10)9-15;/h2-3,8,10,12,16H,4-7,9H2,1H3;1H. The van der Waals surface area contributed by atoms with E-state index in [0.717, 1.165) is 12.5 Å². The van der Waals surface area contributed by atoms with Gasteiger partial charge in [0.2, 0.25) is 0 Å². The summed E-state index contributed by atoms with van der Waals surface area (Å²) in [5, 5.41) is 9.61. The van der Waals surface area contributed by atoms with Crippen molar-refractivity contribution in [2.24, 2.45) is 5.92 Å². The second kappa shape index (κ2) is 4.99. The zero-order chi connectivity index (χ0) is 11.1. The van der Waals surface area contributed by atoms with Gasteiger partial charge >= 0.3 is 0 Å². The summed E-state index contributed by atoms with van der Waals surface area (Å²) in [6, 6.07) is 5.93. The molecule has 1 aromatic rings. The van der Waals surface area contributed by atoms with E-state index < -0.39 is 0 Å². The highest BCUT2D eigenvalue weighted by atomic mass is 79.9. The first-order valence-corrected chi connectivity index (χ1v) is 6.22. The van der Waals surface area contributed by atoms with Crippen LogP contribution in [0, 0.1) is 5.92 Å². The van der Waals surface area contributed by atoms with Crippen molar-refractivity contribution in [3.05, 3.63) is 29.3 Å². The highest BCUT2D eigenvalue weighted by molar-refractivity contribution is 8.93. The molecular weight excluding hydrogens is 278 g/mol. The molecule has 1 fully saturated rings. The molecule has 0 aromatic heterocycles. The second-order valence-electron chi connectivity index (χ2n) is 5.44. The van der Waals surface area contributed by atoms with Gasteiger partial charge in [-0.25, -0.2) is 0 Å². The fraction of sp³-hybridized carbons (Fsp3) is 0.571. The average Bonchev–Trinajstić information content (AvgIpc) is 2.41. The summed E-state index contributed by atoms with van der Waals surface area (Å²) < 4.78 is 0. The summed E-state index contributed by atoms with van der Waals surface area (Å²) in [4.78, 5) is 2.43. The van der Waals surface area contributed by atoms with E-state index in [1.807, 2.05) is 12.1 Å². The Bertz CT molecular complexity index is 407. The predicted octanol–water partition coefficient (Wildman–Crippen LogP) is 2.95. The van der Waals surface area contributed by atoms with Gasteiger partial charge in [-0.2, -0.15) is 0 Å². The van der Waals surface area contributed by atoms with Gasteiger partial charge in [-0.15, -0.1) is 17.0 Å². The zero-order valence-electron chi connectivity index (χ0n) is 10.2. The smallest absolute Gasteiger partial charge is 0.115 e. The van der Waals surface area contributed by atoms with Crippen molar-refractivity contribution in [2.45, 2.75) is 25.2 Å². The number of aromatic hydroxyl groups is 1. The lowest BCUT2D eigenvalue weighted by atomic mass is 9.76. The summed E-state index contributed by atoms with van der Waals surface area (Å²) in [7, 11) is 2.21. The monoisotopic (exact) mass is 297 g/mol. The van der Waals surface area contributed by atoms with Crippen LogP contribution >= 0.6 is 17.0 Å². The Kier molecular flexibility index (Phi) is 3.79. The van der Waals surface area contributed by atoms with E-state index in [1.165, 1.54) is 36.9 Å². The largest absolute Gasteiger partial charge is 0.508 e. The first-order valence-electron chi connectivity index (χ1n) is 6.22. The maximum absolute atomic E-state index is 9.61. The Morgan fingerprint density at radius 1 is 1.35 bits per heavy atom.